The van der Waals surface area contributed by atoms with Crippen molar-refractivity contribution in [3.63, 3.8) is 0 Å². The summed E-state index contributed by atoms with van der Waals surface area (Å²) in [6.07, 6.45) is 13.3. The topological polar surface area (TPSA) is 53.4 Å². The van der Waals surface area contributed by atoms with Crippen LogP contribution in [0, 0.1) is 28.6 Å². The molecule has 0 aromatic carbocycles. The molecule has 0 radical (unpaired) electrons. The molecule has 3 saturated carbocycles. The molecule has 28 heavy (non-hydrogen) atoms. The molecule has 5 rings (SSSR count). The zero-order chi connectivity index (χ0) is 19.6. The normalized spacial score (nSPS) is 47.6. The maximum Gasteiger partial charge on any atom is 0.0759 e. The van der Waals surface area contributed by atoms with Gasteiger partial charge in [-0.05, 0) is 92.1 Å². The Bertz CT molecular complexity index is 776. The van der Waals surface area contributed by atoms with Crippen molar-refractivity contribution in [2.45, 2.75) is 83.3 Å². The van der Waals surface area contributed by atoms with Crippen LogP contribution in [0.5, 0.6) is 0 Å². The molecule has 0 spiro atoms. The second-order valence-electron chi connectivity index (χ2n) is 10.7. The van der Waals surface area contributed by atoms with Gasteiger partial charge in [-0.3, -0.25) is 4.98 Å². The van der Waals surface area contributed by atoms with Crippen LogP contribution in [0.2, 0.25) is 0 Å². The van der Waals surface area contributed by atoms with E-state index in [1.54, 1.807) is 0 Å². The maximum atomic E-state index is 11.8. The molecule has 0 saturated heterocycles. The van der Waals surface area contributed by atoms with Crippen molar-refractivity contribution in [3.05, 3.63) is 41.7 Å². The first-order valence-electron chi connectivity index (χ1n) is 11.4. The number of fused-ring (bicyclic) bond motifs is 5. The van der Waals surface area contributed by atoms with Crippen LogP contribution in [0.1, 0.15) is 70.9 Å². The van der Waals surface area contributed by atoms with Crippen LogP contribution < -0.4 is 0 Å². The summed E-state index contributed by atoms with van der Waals surface area (Å²) in [6, 6.07) is 6.05. The third-order valence-electron chi connectivity index (χ3n) is 9.61. The fraction of sp³-hybridized carbons (Fsp3) is 0.720. The Morgan fingerprint density at radius 2 is 1.86 bits per heavy atom. The van der Waals surface area contributed by atoms with Crippen molar-refractivity contribution < 1.29 is 10.2 Å². The molecule has 3 heteroatoms. The standard InChI is InChI=1S/C25H35NO2/c1-23-11-8-19(27)15-17(23)6-7-20-21(23)9-12-24(2)22(20)10-13-25(24,28)16-18-5-3-4-14-26-18/h3-5,14-15,19-22,27-28H,6-13,16H2,1-2H3/t19-,20+,21-,22-,23-,24-,25+/m0/s1. The lowest BCUT2D eigenvalue weighted by Gasteiger charge is -2.59. The van der Waals surface area contributed by atoms with Gasteiger partial charge in [-0.1, -0.05) is 31.6 Å². The van der Waals surface area contributed by atoms with Gasteiger partial charge < -0.3 is 10.2 Å². The molecular weight excluding hydrogens is 346 g/mol. The van der Waals surface area contributed by atoms with Crippen LogP contribution in [-0.4, -0.2) is 26.9 Å². The number of aliphatic hydroxyl groups excluding tert-OH is 1. The van der Waals surface area contributed by atoms with E-state index in [0.29, 0.717) is 18.3 Å². The highest BCUT2D eigenvalue weighted by atomic mass is 16.3. The van der Waals surface area contributed by atoms with Crippen LogP contribution in [0.15, 0.2) is 36.0 Å². The minimum Gasteiger partial charge on any atom is -0.389 e. The maximum absolute atomic E-state index is 11.8. The van der Waals surface area contributed by atoms with Crippen LogP contribution in [0.4, 0.5) is 0 Å². The van der Waals surface area contributed by atoms with Crippen molar-refractivity contribution in [1.82, 2.24) is 4.98 Å². The summed E-state index contributed by atoms with van der Waals surface area (Å²) in [5.41, 5.74) is 2.19. The Morgan fingerprint density at radius 3 is 2.64 bits per heavy atom. The van der Waals surface area contributed by atoms with Gasteiger partial charge in [0.05, 0.1) is 11.7 Å². The lowest BCUT2D eigenvalue weighted by molar-refractivity contribution is -0.127. The monoisotopic (exact) mass is 381 g/mol. The van der Waals surface area contributed by atoms with Gasteiger partial charge in [-0.15, -0.1) is 0 Å². The molecule has 3 nitrogen and oxygen atoms in total. The Kier molecular flexibility index (Phi) is 4.30. The molecule has 152 valence electrons. The van der Waals surface area contributed by atoms with Gasteiger partial charge in [0, 0.05) is 18.3 Å². The fourth-order valence-corrected chi connectivity index (χ4v) is 7.91. The van der Waals surface area contributed by atoms with E-state index < -0.39 is 5.60 Å². The number of aromatic nitrogens is 1. The molecular formula is C25H35NO2. The summed E-state index contributed by atoms with van der Waals surface area (Å²) in [5.74, 6) is 2.05. The summed E-state index contributed by atoms with van der Waals surface area (Å²) < 4.78 is 0. The molecule has 4 aliphatic rings. The van der Waals surface area contributed by atoms with Crippen LogP contribution in [0.3, 0.4) is 0 Å². The average molecular weight is 382 g/mol. The van der Waals surface area contributed by atoms with Gasteiger partial charge in [0.1, 0.15) is 0 Å². The van der Waals surface area contributed by atoms with Gasteiger partial charge in [0.15, 0.2) is 0 Å². The molecule has 1 aromatic heterocycles. The van der Waals surface area contributed by atoms with E-state index in [0.717, 1.165) is 50.1 Å². The Hall–Kier alpha value is -1.19. The van der Waals surface area contributed by atoms with Crippen molar-refractivity contribution in [2.75, 3.05) is 0 Å². The zero-order valence-corrected chi connectivity index (χ0v) is 17.4. The highest BCUT2D eigenvalue weighted by Crippen LogP contribution is 2.67. The molecule has 2 N–H and O–H groups in total. The van der Waals surface area contributed by atoms with Crippen molar-refractivity contribution in [2.24, 2.45) is 28.6 Å². The fourth-order valence-electron chi connectivity index (χ4n) is 7.91. The predicted octanol–water partition coefficient (Wildman–Crippen LogP) is 4.68. The molecule has 0 aliphatic heterocycles. The van der Waals surface area contributed by atoms with E-state index in [2.05, 4.69) is 31.0 Å². The molecule has 1 heterocycles. The first-order chi connectivity index (χ1) is 13.4. The van der Waals surface area contributed by atoms with E-state index in [9.17, 15) is 10.2 Å². The number of hydrogen-bond donors (Lipinski definition) is 2. The smallest absolute Gasteiger partial charge is 0.0759 e. The first-order valence-corrected chi connectivity index (χ1v) is 11.4. The quantitative estimate of drug-likeness (QED) is 0.732. The number of pyridine rings is 1. The van der Waals surface area contributed by atoms with E-state index in [-0.39, 0.29) is 16.9 Å². The van der Waals surface area contributed by atoms with E-state index >= 15 is 0 Å². The molecule has 0 amide bonds. The van der Waals surface area contributed by atoms with E-state index in [1.807, 2.05) is 18.3 Å². The molecule has 1 aromatic rings. The summed E-state index contributed by atoms with van der Waals surface area (Å²) in [4.78, 5) is 4.52. The number of rotatable bonds is 2. The Balaban J connectivity index is 1.43. The summed E-state index contributed by atoms with van der Waals surface area (Å²) in [6.45, 7) is 4.85. The Morgan fingerprint density at radius 1 is 1.04 bits per heavy atom. The third kappa shape index (κ3) is 2.58. The molecule has 4 aliphatic carbocycles. The van der Waals surface area contributed by atoms with Crippen LogP contribution in [0.25, 0.3) is 0 Å². The van der Waals surface area contributed by atoms with Crippen molar-refractivity contribution in [3.8, 4) is 0 Å². The average Bonchev–Trinajstić information content (AvgIpc) is 2.94. The van der Waals surface area contributed by atoms with Gasteiger partial charge in [0.2, 0.25) is 0 Å². The lowest BCUT2D eigenvalue weighted by atomic mass is 9.46. The second kappa shape index (κ2) is 6.40. The summed E-state index contributed by atoms with van der Waals surface area (Å²) >= 11 is 0. The van der Waals surface area contributed by atoms with Gasteiger partial charge >= 0.3 is 0 Å². The highest BCUT2D eigenvalue weighted by Gasteiger charge is 2.63. The molecule has 0 bridgehead atoms. The molecule has 3 fully saturated rings. The van der Waals surface area contributed by atoms with Gasteiger partial charge in [-0.2, -0.15) is 0 Å². The number of nitrogens with zero attached hydrogens (tertiary/aromatic N) is 1. The first kappa shape index (κ1) is 18.8. The predicted molar refractivity (Wildman–Crippen MR) is 111 cm³/mol. The highest BCUT2D eigenvalue weighted by molar-refractivity contribution is 5.26. The van der Waals surface area contributed by atoms with Crippen LogP contribution in [-0.2, 0) is 6.42 Å². The molecule has 0 unspecified atom stereocenters. The van der Waals surface area contributed by atoms with E-state index in [4.69, 9.17) is 0 Å². The minimum absolute atomic E-state index is 0.00253. The number of hydrogen-bond acceptors (Lipinski definition) is 3. The largest absolute Gasteiger partial charge is 0.389 e. The molecule has 7 atom stereocenters. The third-order valence-corrected chi connectivity index (χ3v) is 9.61. The lowest BCUT2D eigenvalue weighted by Crippen LogP contribution is -2.55. The van der Waals surface area contributed by atoms with Gasteiger partial charge in [-0.25, -0.2) is 0 Å². The van der Waals surface area contributed by atoms with Crippen LogP contribution >= 0.6 is 0 Å². The van der Waals surface area contributed by atoms with Gasteiger partial charge in [0.25, 0.3) is 0 Å². The number of allylic oxidation sites excluding steroid dienone is 1. The van der Waals surface area contributed by atoms with E-state index in [1.165, 1.54) is 18.4 Å². The van der Waals surface area contributed by atoms with Crippen molar-refractivity contribution >= 4 is 0 Å². The summed E-state index contributed by atoms with van der Waals surface area (Å²) in [5, 5.41) is 22.0. The van der Waals surface area contributed by atoms with Crippen molar-refractivity contribution in [1.29, 1.82) is 0 Å². The minimum atomic E-state index is -0.628. The zero-order valence-electron chi connectivity index (χ0n) is 17.4. The summed E-state index contributed by atoms with van der Waals surface area (Å²) in [7, 11) is 0. The second-order valence-corrected chi connectivity index (χ2v) is 10.7. The Labute approximate surface area is 169 Å². The number of aliphatic hydroxyl groups is 2. The SMILES string of the molecule is C[C@]12CC[C@H](O)C=C1CC[C@@H]1[C@@H]2CC[C@@]2(C)[C@H]1CC[C@@]2(O)Cc1ccccn1.